The molecule has 5 aromatic rings. The van der Waals surface area contributed by atoms with Crippen LogP contribution in [0.1, 0.15) is 15.9 Å². The van der Waals surface area contributed by atoms with Crippen molar-refractivity contribution in [2.75, 3.05) is 41.3 Å². The van der Waals surface area contributed by atoms with Gasteiger partial charge in [-0.05, 0) is 42.5 Å². The summed E-state index contributed by atoms with van der Waals surface area (Å²) in [6.07, 6.45) is 0. The first-order valence-corrected chi connectivity index (χ1v) is 12.5. The molecule has 6 nitrogen and oxygen atoms in total. The summed E-state index contributed by atoms with van der Waals surface area (Å²) >= 11 is 0. The highest BCUT2D eigenvalue weighted by molar-refractivity contribution is 6.28. The summed E-state index contributed by atoms with van der Waals surface area (Å²) in [6, 6.07) is 22.1. The Kier molecular flexibility index (Phi) is 5.14. The summed E-state index contributed by atoms with van der Waals surface area (Å²) in [5.74, 6) is -0.146. The lowest BCUT2D eigenvalue weighted by Crippen LogP contribution is -2.47. The van der Waals surface area contributed by atoms with E-state index in [2.05, 4.69) is 15.4 Å². The van der Waals surface area contributed by atoms with Crippen molar-refractivity contribution in [1.29, 1.82) is 0 Å². The Bertz CT molecular complexity index is 1710. The number of nitrogens with zero attached hydrogens (tertiary/aromatic N) is 3. The molecule has 1 aliphatic heterocycles. The van der Waals surface area contributed by atoms with Crippen molar-refractivity contribution in [3.05, 3.63) is 102 Å². The highest BCUT2D eigenvalue weighted by Gasteiger charge is 2.34. The summed E-state index contributed by atoms with van der Waals surface area (Å²) < 4.78 is 33.8. The number of para-hydroxylation sites is 1. The van der Waals surface area contributed by atoms with E-state index >= 15 is 0 Å². The van der Waals surface area contributed by atoms with E-state index in [4.69, 9.17) is 4.52 Å². The van der Waals surface area contributed by atoms with E-state index in [1.54, 1.807) is 30.3 Å². The van der Waals surface area contributed by atoms with Crippen LogP contribution in [0, 0.1) is 11.6 Å². The summed E-state index contributed by atoms with van der Waals surface area (Å²) in [5.41, 5.74) is 5.01. The van der Waals surface area contributed by atoms with Crippen LogP contribution in [0.2, 0.25) is 0 Å². The van der Waals surface area contributed by atoms with Gasteiger partial charge in [0.05, 0.1) is 28.0 Å². The molecule has 4 aromatic carbocycles. The number of anilines is 4. The van der Waals surface area contributed by atoms with Crippen LogP contribution in [0.4, 0.5) is 31.5 Å². The Balaban J connectivity index is 1.33. The van der Waals surface area contributed by atoms with Gasteiger partial charge in [-0.15, -0.1) is 0 Å². The molecule has 1 fully saturated rings. The Morgan fingerprint density at radius 3 is 2.18 bits per heavy atom. The number of hydrogen-bond acceptors (Lipinski definition) is 6. The van der Waals surface area contributed by atoms with E-state index in [1.165, 1.54) is 18.2 Å². The van der Waals surface area contributed by atoms with E-state index in [1.807, 2.05) is 35.2 Å². The lowest BCUT2D eigenvalue weighted by Gasteiger charge is -2.37. The quantitative estimate of drug-likeness (QED) is 0.298. The molecule has 0 atom stereocenters. The Hall–Kier alpha value is -4.72. The molecule has 2 aliphatic rings. The van der Waals surface area contributed by atoms with Crippen molar-refractivity contribution in [1.82, 2.24) is 5.16 Å². The van der Waals surface area contributed by atoms with E-state index in [9.17, 15) is 13.6 Å². The van der Waals surface area contributed by atoms with E-state index in [0.717, 1.165) is 5.69 Å². The molecule has 0 radical (unpaired) electrons. The lowest BCUT2D eigenvalue weighted by atomic mass is 9.86. The minimum Gasteiger partial charge on any atom is -0.366 e. The van der Waals surface area contributed by atoms with Crippen molar-refractivity contribution in [2.45, 2.75) is 0 Å². The number of fused-ring (bicyclic) bond motifs is 2. The molecule has 7 rings (SSSR count). The number of piperazine rings is 1. The maximum Gasteiger partial charge on any atom is 0.196 e. The number of rotatable bonds is 4. The standard InChI is InChI=1S/C30H22F2N4O2/c31-18-9-11-19(12-10-18)33-23-17-25(36-15-13-35(14-16-36)24-8-4-3-7-22(24)32)28-27-26(23)29(37)20-5-1-2-6-21(20)30(27)38-34-28/h1-12,17,33H,13-16H2. The molecule has 38 heavy (non-hydrogen) atoms. The molecule has 1 saturated heterocycles. The van der Waals surface area contributed by atoms with Crippen LogP contribution in [0.3, 0.4) is 0 Å². The predicted octanol–water partition coefficient (Wildman–Crippen LogP) is 6.39. The van der Waals surface area contributed by atoms with Crippen LogP contribution in [0.25, 0.3) is 22.2 Å². The average molecular weight is 509 g/mol. The molecule has 1 aromatic heterocycles. The molecule has 1 aliphatic carbocycles. The molecule has 0 amide bonds. The van der Waals surface area contributed by atoms with Crippen LogP contribution in [-0.4, -0.2) is 37.1 Å². The van der Waals surface area contributed by atoms with Gasteiger partial charge in [0.2, 0.25) is 0 Å². The number of aromatic nitrogens is 1. The minimum absolute atomic E-state index is 0.123. The lowest BCUT2D eigenvalue weighted by molar-refractivity contribution is 0.104. The van der Waals surface area contributed by atoms with Crippen molar-refractivity contribution in [3.8, 4) is 11.3 Å². The molecule has 188 valence electrons. The third kappa shape index (κ3) is 3.52. The molecule has 0 saturated carbocycles. The van der Waals surface area contributed by atoms with E-state index in [-0.39, 0.29) is 17.4 Å². The molecule has 2 heterocycles. The smallest absolute Gasteiger partial charge is 0.196 e. The first-order chi connectivity index (χ1) is 18.6. The van der Waals surface area contributed by atoms with Gasteiger partial charge in [-0.3, -0.25) is 4.79 Å². The van der Waals surface area contributed by atoms with Gasteiger partial charge in [-0.2, -0.15) is 0 Å². The van der Waals surface area contributed by atoms with Gasteiger partial charge in [-0.1, -0.05) is 41.6 Å². The summed E-state index contributed by atoms with van der Waals surface area (Å²) in [7, 11) is 0. The Morgan fingerprint density at radius 1 is 0.789 bits per heavy atom. The first-order valence-electron chi connectivity index (χ1n) is 12.5. The molecule has 8 heteroatoms. The Morgan fingerprint density at radius 2 is 1.45 bits per heavy atom. The van der Waals surface area contributed by atoms with E-state index in [0.29, 0.717) is 76.6 Å². The van der Waals surface area contributed by atoms with Gasteiger partial charge >= 0.3 is 0 Å². The third-order valence-corrected chi connectivity index (χ3v) is 7.32. The van der Waals surface area contributed by atoms with Crippen molar-refractivity contribution >= 4 is 39.4 Å². The molecule has 1 N–H and O–H groups in total. The highest BCUT2D eigenvalue weighted by atomic mass is 19.1. The molecule has 0 bridgehead atoms. The fourth-order valence-electron chi connectivity index (χ4n) is 5.47. The molecule has 0 unspecified atom stereocenters. The van der Waals surface area contributed by atoms with Gasteiger partial charge < -0.3 is 19.6 Å². The number of carbonyl (C=O) groups excluding carboxylic acids is 1. The fourth-order valence-corrected chi connectivity index (χ4v) is 5.47. The second-order valence-corrected chi connectivity index (χ2v) is 9.49. The van der Waals surface area contributed by atoms with Gasteiger partial charge in [0, 0.05) is 43.0 Å². The second kappa shape index (κ2) is 8.69. The number of ketones is 1. The maximum absolute atomic E-state index is 14.4. The number of hydrogen-bond donors (Lipinski definition) is 1. The Labute approximate surface area is 217 Å². The largest absolute Gasteiger partial charge is 0.366 e. The topological polar surface area (TPSA) is 61.6 Å². The molecular formula is C30H22F2N4O2. The third-order valence-electron chi connectivity index (χ3n) is 7.32. The summed E-state index contributed by atoms with van der Waals surface area (Å²) in [5, 5.41) is 8.42. The van der Waals surface area contributed by atoms with Gasteiger partial charge in [0.1, 0.15) is 17.2 Å². The van der Waals surface area contributed by atoms with Gasteiger partial charge in [0.15, 0.2) is 11.5 Å². The molecule has 0 spiro atoms. The maximum atomic E-state index is 14.4. The van der Waals surface area contributed by atoms with Crippen LogP contribution in [0.15, 0.2) is 83.4 Å². The van der Waals surface area contributed by atoms with Crippen molar-refractivity contribution in [2.24, 2.45) is 0 Å². The van der Waals surface area contributed by atoms with E-state index < -0.39 is 0 Å². The predicted molar refractivity (Wildman–Crippen MR) is 143 cm³/mol. The minimum atomic E-state index is -0.341. The average Bonchev–Trinajstić information content (AvgIpc) is 3.39. The summed E-state index contributed by atoms with van der Waals surface area (Å²) in [4.78, 5) is 18.0. The SMILES string of the molecule is O=C1c2ccccc2-c2onc3c(N4CCN(c5ccccc5F)CC4)cc(Nc4ccc(F)cc4)c1c23. The monoisotopic (exact) mass is 508 g/mol. The van der Waals surface area contributed by atoms with Gasteiger partial charge in [-0.25, -0.2) is 8.78 Å². The van der Waals surface area contributed by atoms with Crippen LogP contribution in [-0.2, 0) is 0 Å². The fraction of sp³-hybridized carbons (Fsp3) is 0.133. The van der Waals surface area contributed by atoms with Crippen LogP contribution in [0.5, 0.6) is 0 Å². The highest BCUT2D eigenvalue weighted by Crippen LogP contribution is 2.46. The van der Waals surface area contributed by atoms with Crippen molar-refractivity contribution in [3.63, 3.8) is 0 Å². The number of halogens is 2. The normalized spacial score (nSPS) is 14.6. The van der Waals surface area contributed by atoms with Crippen LogP contribution < -0.4 is 15.1 Å². The first kappa shape index (κ1) is 22.5. The number of benzene rings is 4. The number of carbonyl (C=O) groups is 1. The van der Waals surface area contributed by atoms with Gasteiger partial charge in [0.25, 0.3) is 0 Å². The zero-order valence-electron chi connectivity index (χ0n) is 20.2. The number of nitrogens with one attached hydrogen (secondary N) is 1. The van der Waals surface area contributed by atoms with Crippen LogP contribution >= 0.6 is 0 Å². The second-order valence-electron chi connectivity index (χ2n) is 9.49. The zero-order valence-corrected chi connectivity index (χ0v) is 20.2. The zero-order chi connectivity index (χ0) is 25.8. The molecular weight excluding hydrogens is 486 g/mol. The van der Waals surface area contributed by atoms with Crippen molar-refractivity contribution < 1.29 is 18.1 Å². The summed E-state index contributed by atoms with van der Waals surface area (Å²) in [6.45, 7) is 2.51.